The molecule has 0 fully saturated rings. The molecule has 0 amide bonds. The lowest BCUT2D eigenvalue weighted by Gasteiger charge is -1.95. The molecule has 3 nitrogen and oxygen atoms in total. The van der Waals surface area contributed by atoms with Gasteiger partial charge in [-0.2, -0.15) is 0 Å². The number of benzene rings is 1. The van der Waals surface area contributed by atoms with E-state index in [1.807, 2.05) is 42.1 Å². The zero-order valence-electron chi connectivity index (χ0n) is 8.67. The molecule has 0 unspecified atom stereocenters. The number of hydrogen-bond acceptors (Lipinski definition) is 3. The van der Waals surface area contributed by atoms with Gasteiger partial charge in [0.2, 0.25) is 0 Å². The second-order valence-electron chi connectivity index (χ2n) is 3.08. The molecular formula is C11H10ClN3S. The molecule has 0 aliphatic heterocycles. The van der Waals surface area contributed by atoms with Gasteiger partial charge in [0, 0.05) is 16.8 Å². The number of hydrogen-bond donors (Lipinski definition) is 0. The maximum absolute atomic E-state index is 5.91. The molecule has 1 aromatic carbocycles. The van der Waals surface area contributed by atoms with Gasteiger partial charge < -0.3 is 0 Å². The van der Waals surface area contributed by atoms with E-state index in [0.717, 1.165) is 5.56 Å². The number of halogens is 1. The predicted octanol–water partition coefficient (Wildman–Crippen LogP) is 3.39. The van der Waals surface area contributed by atoms with Gasteiger partial charge in [0.15, 0.2) is 5.82 Å². The Morgan fingerprint density at radius 3 is 3.06 bits per heavy atom. The first-order valence-electron chi connectivity index (χ1n) is 4.66. The van der Waals surface area contributed by atoms with E-state index in [1.54, 1.807) is 22.8 Å². The van der Waals surface area contributed by atoms with Gasteiger partial charge in [0.25, 0.3) is 0 Å². The van der Waals surface area contributed by atoms with Crippen LogP contribution in [-0.4, -0.2) is 21.0 Å². The van der Waals surface area contributed by atoms with Gasteiger partial charge in [-0.25, -0.2) is 9.67 Å². The Morgan fingerprint density at radius 2 is 2.31 bits per heavy atom. The highest BCUT2D eigenvalue weighted by atomic mass is 35.5. The number of thioether (sulfide) groups is 1. The second kappa shape index (κ2) is 5.18. The second-order valence-corrected chi connectivity index (χ2v) is 4.26. The van der Waals surface area contributed by atoms with Crippen LogP contribution < -0.4 is 0 Å². The number of nitrogens with zero attached hydrogens (tertiary/aromatic N) is 3. The fourth-order valence-electron chi connectivity index (χ4n) is 1.23. The molecule has 0 bridgehead atoms. The molecule has 5 heteroatoms. The van der Waals surface area contributed by atoms with Crippen molar-refractivity contribution in [3.8, 4) is 11.4 Å². The van der Waals surface area contributed by atoms with Crippen molar-refractivity contribution < 1.29 is 0 Å². The summed E-state index contributed by atoms with van der Waals surface area (Å²) in [6.45, 7) is 0. The van der Waals surface area contributed by atoms with Crippen molar-refractivity contribution in [3.05, 3.63) is 41.0 Å². The van der Waals surface area contributed by atoms with Gasteiger partial charge >= 0.3 is 0 Å². The fourth-order valence-corrected chi connectivity index (χ4v) is 1.67. The highest BCUT2D eigenvalue weighted by Gasteiger charge is 2.02. The van der Waals surface area contributed by atoms with Crippen molar-refractivity contribution in [2.45, 2.75) is 0 Å². The summed E-state index contributed by atoms with van der Waals surface area (Å²) in [7, 11) is 0. The molecule has 16 heavy (non-hydrogen) atoms. The molecular weight excluding hydrogens is 242 g/mol. The third-order valence-corrected chi connectivity index (χ3v) is 2.57. The lowest BCUT2D eigenvalue weighted by Crippen LogP contribution is -1.86. The molecule has 0 saturated carbocycles. The highest BCUT2D eigenvalue weighted by molar-refractivity contribution is 8.01. The fraction of sp³-hybridized carbons (Fsp3) is 0.0909. The van der Waals surface area contributed by atoms with Crippen LogP contribution in [0, 0.1) is 0 Å². The van der Waals surface area contributed by atoms with E-state index in [9.17, 15) is 0 Å². The summed E-state index contributed by atoms with van der Waals surface area (Å²) in [5.74, 6) is 0.674. The maximum Gasteiger partial charge on any atom is 0.181 e. The van der Waals surface area contributed by atoms with Crippen LogP contribution in [-0.2, 0) is 0 Å². The summed E-state index contributed by atoms with van der Waals surface area (Å²) in [4.78, 5) is 4.21. The normalized spacial score (nSPS) is 11.1. The summed E-state index contributed by atoms with van der Waals surface area (Å²) < 4.78 is 1.67. The molecule has 0 atom stereocenters. The van der Waals surface area contributed by atoms with Gasteiger partial charge in [-0.3, -0.25) is 0 Å². The van der Waals surface area contributed by atoms with Crippen molar-refractivity contribution in [2.24, 2.45) is 0 Å². The quantitative estimate of drug-likeness (QED) is 0.838. The van der Waals surface area contributed by atoms with Crippen molar-refractivity contribution in [3.63, 3.8) is 0 Å². The van der Waals surface area contributed by atoms with E-state index in [2.05, 4.69) is 10.1 Å². The lowest BCUT2D eigenvalue weighted by molar-refractivity contribution is 0.938. The Morgan fingerprint density at radius 1 is 1.44 bits per heavy atom. The van der Waals surface area contributed by atoms with Crippen LogP contribution >= 0.6 is 23.4 Å². The van der Waals surface area contributed by atoms with E-state index >= 15 is 0 Å². The van der Waals surface area contributed by atoms with Gasteiger partial charge in [-0.1, -0.05) is 23.7 Å². The Balaban J connectivity index is 2.28. The summed E-state index contributed by atoms with van der Waals surface area (Å²) in [6.07, 6.45) is 5.51. The van der Waals surface area contributed by atoms with Crippen LogP contribution in [0.2, 0.25) is 5.02 Å². The Kier molecular flexibility index (Phi) is 3.64. The average molecular weight is 252 g/mol. The molecule has 0 radical (unpaired) electrons. The molecule has 1 aromatic heterocycles. The van der Waals surface area contributed by atoms with Crippen LogP contribution in [0.1, 0.15) is 0 Å². The van der Waals surface area contributed by atoms with E-state index in [0.29, 0.717) is 10.8 Å². The van der Waals surface area contributed by atoms with Crippen molar-refractivity contribution in [1.82, 2.24) is 14.8 Å². The van der Waals surface area contributed by atoms with Crippen LogP contribution in [0.3, 0.4) is 0 Å². The van der Waals surface area contributed by atoms with Gasteiger partial charge in [-0.15, -0.1) is 16.9 Å². The average Bonchev–Trinajstić information content (AvgIpc) is 2.75. The molecule has 82 valence electrons. The van der Waals surface area contributed by atoms with Crippen molar-refractivity contribution >= 4 is 29.6 Å². The highest BCUT2D eigenvalue weighted by Crippen LogP contribution is 2.18. The van der Waals surface area contributed by atoms with Crippen molar-refractivity contribution in [2.75, 3.05) is 6.26 Å². The van der Waals surface area contributed by atoms with Crippen LogP contribution in [0.5, 0.6) is 0 Å². The van der Waals surface area contributed by atoms with E-state index in [1.165, 1.54) is 0 Å². The zero-order valence-corrected chi connectivity index (χ0v) is 10.2. The molecule has 2 aromatic rings. The maximum atomic E-state index is 5.91. The first-order chi connectivity index (χ1) is 7.79. The summed E-state index contributed by atoms with van der Waals surface area (Å²) in [6, 6.07) is 7.50. The standard InChI is InChI=1S/C11H10ClN3S/c1-16-6-5-15-8-13-11(14-15)9-3-2-4-10(12)7-9/h2-8H,1H3. The topological polar surface area (TPSA) is 30.7 Å². The summed E-state index contributed by atoms with van der Waals surface area (Å²) in [5, 5.41) is 6.94. The molecule has 0 N–H and O–H groups in total. The molecule has 0 aliphatic rings. The van der Waals surface area contributed by atoms with Gasteiger partial charge in [-0.05, 0) is 23.8 Å². The number of aromatic nitrogens is 3. The molecule has 0 saturated heterocycles. The Labute approximate surface area is 103 Å². The summed E-state index contributed by atoms with van der Waals surface area (Å²) >= 11 is 7.52. The van der Waals surface area contributed by atoms with Crippen LogP contribution in [0.25, 0.3) is 17.6 Å². The van der Waals surface area contributed by atoms with E-state index in [-0.39, 0.29) is 0 Å². The third-order valence-electron chi connectivity index (χ3n) is 1.94. The Hall–Kier alpha value is -1.26. The summed E-state index contributed by atoms with van der Waals surface area (Å²) in [5.41, 5.74) is 0.920. The Bertz CT molecular complexity index is 507. The first kappa shape index (κ1) is 11.2. The van der Waals surface area contributed by atoms with E-state index < -0.39 is 0 Å². The third kappa shape index (κ3) is 2.65. The van der Waals surface area contributed by atoms with Crippen LogP contribution in [0.15, 0.2) is 36.0 Å². The van der Waals surface area contributed by atoms with Crippen molar-refractivity contribution in [1.29, 1.82) is 0 Å². The number of rotatable bonds is 3. The van der Waals surface area contributed by atoms with Gasteiger partial charge in [0.1, 0.15) is 6.33 Å². The first-order valence-corrected chi connectivity index (χ1v) is 6.33. The smallest absolute Gasteiger partial charge is 0.181 e. The minimum absolute atomic E-state index is 0.674. The molecule has 0 spiro atoms. The lowest BCUT2D eigenvalue weighted by atomic mass is 10.2. The largest absolute Gasteiger partial charge is 0.227 e. The predicted molar refractivity (Wildman–Crippen MR) is 69.3 cm³/mol. The molecule has 1 heterocycles. The minimum atomic E-state index is 0.674. The monoisotopic (exact) mass is 251 g/mol. The van der Waals surface area contributed by atoms with Crippen LogP contribution in [0.4, 0.5) is 0 Å². The SMILES string of the molecule is CSC=Cn1cnc(-c2cccc(Cl)c2)n1. The molecule has 2 rings (SSSR count). The minimum Gasteiger partial charge on any atom is -0.227 e. The zero-order chi connectivity index (χ0) is 11.4. The van der Waals surface area contributed by atoms with Gasteiger partial charge in [0.05, 0.1) is 0 Å². The van der Waals surface area contributed by atoms with E-state index in [4.69, 9.17) is 11.6 Å². The molecule has 0 aliphatic carbocycles.